The highest BCUT2D eigenvalue weighted by atomic mass is 16.7. The van der Waals surface area contributed by atoms with E-state index in [9.17, 15) is 9.59 Å². The van der Waals surface area contributed by atoms with Crippen LogP contribution in [0.25, 0.3) is 0 Å². The van der Waals surface area contributed by atoms with Crippen LogP contribution in [0, 0.1) is 0 Å². The Labute approximate surface area is 165 Å². The molecule has 1 aromatic heterocycles. The Morgan fingerprint density at radius 2 is 1.75 bits per heavy atom. The minimum Gasteiger partial charge on any atom is -0.443 e. The third-order valence-corrected chi connectivity index (χ3v) is 6.08. The number of amides is 2. The first kappa shape index (κ1) is 19.4. The molecule has 0 unspecified atom stereocenters. The van der Waals surface area contributed by atoms with Crippen LogP contribution in [0.2, 0.25) is 0 Å². The molecule has 7 nitrogen and oxygen atoms in total. The molecule has 8 heteroatoms. The third-order valence-electron chi connectivity index (χ3n) is 6.08. The van der Waals surface area contributed by atoms with Crippen LogP contribution in [0.5, 0.6) is 0 Å². The third kappa shape index (κ3) is 2.77. The van der Waals surface area contributed by atoms with Crippen LogP contribution in [0.3, 0.4) is 0 Å². The summed E-state index contributed by atoms with van der Waals surface area (Å²) in [7, 11) is -0.565. The van der Waals surface area contributed by atoms with E-state index in [4.69, 9.17) is 14.0 Å². The maximum Gasteiger partial charge on any atom is 0.496 e. The number of imide groups is 1. The van der Waals surface area contributed by atoms with Crippen LogP contribution in [0.4, 0.5) is 10.6 Å². The summed E-state index contributed by atoms with van der Waals surface area (Å²) in [6.07, 6.45) is 2.34. The van der Waals surface area contributed by atoms with E-state index in [0.717, 1.165) is 15.9 Å². The van der Waals surface area contributed by atoms with Gasteiger partial charge >= 0.3 is 13.2 Å². The van der Waals surface area contributed by atoms with Gasteiger partial charge in [0.2, 0.25) is 5.91 Å². The Balaban J connectivity index is 1.69. The molecular formula is C20H27BN2O5. The van der Waals surface area contributed by atoms with Crippen molar-refractivity contribution in [3.63, 3.8) is 0 Å². The van der Waals surface area contributed by atoms with Gasteiger partial charge in [-0.2, -0.15) is 4.90 Å². The molecule has 0 atom stereocenters. The number of carbonyl (C=O) groups is 2. The Kier molecular flexibility index (Phi) is 3.86. The largest absolute Gasteiger partial charge is 0.496 e. The SMILES string of the molecule is CC(C)(C)OC(=O)N1C(=O)C2(CC2)c2cc(B3OC(C)(C)C(C)(C)O3)cnc21. The Morgan fingerprint density at radius 3 is 2.25 bits per heavy atom. The highest BCUT2D eigenvalue weighted by molar-refractivity contribution is 6.62. The first-order chi connectivity index (χ1) is 12.8. The fourth-order valence-electron chi connectivity index (χ4n) is 3.62. The molecule has 4 rings (SSSR count). The van der Waals surface area contributed by atoms with E-state index in [1.165, 1.54) is 0 Å². The van der Waals surface area contributed by atoms with Crippen molar-refractivity contribution >= 4 is 30.4 Å². The number of nitrogens with zero attached hydrogens (tertiary/aromatic N) is 2. The average molecular weight is 386 g/mol. The summed E-state index contributed by atoms with van der Waals surface area (Å²) >= 11 is 0. The van der Waals surface area contributed by atoms with Gasteiger partial charge in [0, 0.05) is 17.2 Å². The Bertz CT molecular complexity index is 854. The summed E-state index contributed by atoms with van der Waals surface area (Å²) in [5.74, 6) is 0.104. The zero-order valence-electron chi connectivity index (χ0n) is 17.6. The number of anilines is 1. The van der Waals surface area contributed by atoms with Crippen molar-refractivity contribution in [1.82, 2.24) is 4.98 Å². The Morgan fingerprint density at radius 1 is 1.18 bits per heavy atom. The minimum absolute atomic E-state index is 0.254. The molecule has 0 bridgehead atoms. The van der Waals surface area contributed by atoms with Crippen molar-refractivity contribution in [2.45, 2.75) is 83.5 Å². The fraction of sp³-hybridized carbons (Fsp3) is 0.650. The molecule has 3 heterocycles. The summed E-state index contributed by atoms with van der Waals surface area (Å²) in [4.78, 5) is 31.2. The summed E-state index contributed by atoms with van der Waals surface area (Å²) in [5.41, 5.74) is -0.783. The van der Waals surface area contributed by atoms with Gasteiger partial charge in [0.25, 0.3) is 0 Å². The van der Waals surface area contributed by atoms with Crippen molar-refractivity contribution < 1.29 is 23.6 Å². The first-order valence-electron chi connectivity index (χ1n) is 9.71. The van der Waals surface area contributed by atoms with Gasteiger partial charge < -0.3 is 14.0 Å². The van der Waals surface area contributed by atoms with Gasteiger partial charge in [-0.05, 0) is 61.3 Å². The number of ether oxygens (including phenoxy) is 1. The van der Waals surface area contributed by atoms with Gasteiger partial charge in [-0.25, -0.2) is 9.78 Å². The second-order valence-corrected chi connectivity index (χ2v) is 9.93. The zero-order chi connectivity index (χ0) is 20.7. The van der Waals surface area contributed by atoms with Crippen molar-refractivity contribution in [2.24, 2.45) is 0 Å². The molecule has 2 amide bonds. The van der Waals surface area contributed by atoms with Crippen molar-refractivity contribution in [2.75, 3.05) is 4.90 Å². The van der Waals surface area contributed by atoms with Gasteiger partial charge in [-0.3, -0.25) is 4.79 Å². The number of hydrogen-bond acceptors (Lipinski definition) is 6. The van der Waals surface area contributed by atoms with E-state index >= 15 is 0 Å². The molecule has 0 N–H and O–H groups in total. The van der Waals surface area contributed by atoms with E-state index in [1.807, 2.05) is 33.8 Å². The molecule has 1 spiro atoms. The van der Waals surface area contributed by atoms with Crippen LogP contribution in [0.15, 0.2) is 12.3 Å². The summed E-state index contributed by atoms with van der Waals surface area (Å²) in [6, 6.07) is 1.90. The highest BCUT2D eigenvalue weighted by Gasteiger charge is 2.62. The van der Waals surface area contributed by atoms with E-state index in [0.29, 0.717) is 18.7 Å². The van der Waals surface area contributed by atoms with E-state index in [2.05, 4.69) is 4.98 Å². The smallest absolute Gasteiger partial charge is 0.443 e. The molecular weight excluding hydrogens is 359 g/mol. The maximum absolute atomic E-state index is 13.0. The molecule has 1 aromatic rings. The molecule has 0 radical (unpaired) electrons. The van der Waals surface area contributed by atoms with Gasteiger partial charge in [-0.1, -0.05) is 6.07 Å². The molecule has 0 aromatic carbocycles. The second kappa shape index (κ2) is 5.57. The van der Waals surface area contributed by atoms with Gasteiger partial charge in [0.15, 0.2) is 0 Å². The molecule has 3 aliphatic rings. The topological polar surface area (TPSA) is 78.0 Å². The minimum atomic E-state index is -0.695. The predicted octanol–water partition coefficient (Wildman–Crippen LogP) is 2.69. The van der Waals surface area contributed by atoms with Gasteiger partial charge in [0.05, 0.1) is 16.6 Å². The molecule has 1 saturated heterocycles. The molecule has 1 saturated carbocycles. The molecule has 150 valence electrons. The highest BCUT2D eigenvalue weighted by Crippen LogP contribution is 2.56. The average Bonchev–Trinajstić information content (AvgIpc) is 3.24. The second-order valence-electron chi connectivity index (χ2n) is 9.93. The van der Waals surface area contributed by atoms with Gasteiger partial charge in [-0.15, -0.1) is 0 Å². The number of pyridine rings is 1. The quantitative estimate of drug-likeness (QED) is 0.691. The first-order valence-corrected chi connectivity index (χ1v) is 9.71. The standard InChI is InChI=1S/C20H27BN2O5/c1-17(2,3)26-16(25)23-14-13(20(8-9-20)15(23)24)10-12(11-22-14)21-27-18(4,5)19(6,7)28-21/h10-11H,8-9H2,1-7H3. The lowest BCUT2D eigenvalue weighted by Gasteiger charge is -2.32. The summed E-state index contributed by atoms with van der Waals surface area (Å²) in [5, 5.41) is 0. The van der Waals surface area contributed by atoms with Crippen LogP contribution in [-0.2, 0) is 24.3 Å². The van der Waals surface area contributed by atoms with E-state index < -0.39 is 35.4 Å². The van der Waals surface area contributed by atoms with Crippen molar-refractivity contribution in [1.29, 1.82) is 0 Å². The molecule has 28 heavy (non-hydrogen) atoms. The molecule has 2 fully saturated rings. The van der Waals surface area contributed by atoms with Crippen molar-refractivity contribution in [3.8, 4) is 0 Å². The van der Waals surface area contributed by atoms with E-state index in [1.54, 1.807) is 27.0 Å². The molecule has 2 aliphatic heterocycles. The van der Waals surface area contributed by atoms with Gasteiger partial charge in [0.1, 0.15) is 11.4 Å². The maximum atomic E-state index is 13.0. The monoisotopic (exact) mass is 386 g/mol. The van der Waals surface area contributed by atoms with Crippen molar-refractivity contribution in [3.05, 3.63) is 17.8 Å². The Hall–Kier alpha value is -1.93. The molecule has 1 aliphatic carbocycles. The number of aromatic nitrogens is 1. The summed E-state index contributed by atoms with van der Waals surface area (Å²) < 4.78 is 17.7. The lowest BCUT2D eigenvalue weighted by molar-refractivity contribution is -0.120. The normalized spacial score (nSPS) is 23.9. The number of fused-ring (bicyclic) bond motifs is 2. The van der Waals surface area contributed by atoms with E-state index in [-0.39, 0.29) is 5.91 Å². The lowest BCUT2D eigenvalue weighted by atomic mass is 9.78. The van der Waals surface area contributed by atoms with Crippen LogP contribution in [0.1, 0.15) is 66.9 Å². The van der Waals surface area contributed by atoms with Crippen LogP contribution < -0.4 is 10.4 Å². The number of carbonyl (C=O) groups excluding carboxylic acids is 2. The number of hydrogen-bond donors (Lipinski definition) is 0. The van der Waals surface area contributed by atoms with Crippen LogP contribution >= 0.6 is 0 Å². The lowest BCUT2D eigenvalue weighted by Crippen LogP contribution is -2.41. The fourth-order valence-corrected chi connectivity index (χ4v) is 3.62. The predicted molar refractivity (Wildman–Crippen MR) is 105 cm³/mol. The number of rotatable bonds is 1. The van der Waals surface area contributed by atoms with Crippen LogP contribution in [-0.4, -0.2) is 40.9 Å². The zero-order valence-corrected chi connectivity index (χ0v) is 17.6. The summed E-state index contributed by atoms with van der Waals surface area (Å²) in [6.45, 7) is 13.3.